The number of benzene rings is 3. The SMILES string of the molecule is C=CCc1cccc(C=NNC(=O)CSc2n[nH+]c(SCc3cccc4ccccc34)s2)c1[O-]. The Kier molecular flexibility index (Phi) is 8.35. The van der Waals surface area contributed by atoms with Gasteiger partial charge in [-0.25, -0.2) is 5.43 Å². The van der Waals surface area contributed by atoms with Gasteiger partial charge in [-0.1, -0.05) is 94.9 Å². The van der Waals surface area contributed by atoms with Crippen LogP contribution in [-0.4, -0.2) is 23.0 Å². The van der Waals surface area contributed by atoms with Crippen LogP contribution in [0.5, 0.6) is 5.75 Å². The van der Waals surface area contributed by atoms with Crippen LogP contribution in [0.4, 0.5) is 0 Å². The van der Waals surface area contributed by atoms with Crippen molar-refractivity contribution in [2.24, 2.45) is 5.10 Å². The van der Waals surface area contributed by atoms with Crippen molar-refractivity contribution < 1.29 is 15.0 Å². The summed E-state index contributed by atoms with van der Waals surface area (Å²) < 4.78 is 1.76. The zero-order valence-corrected chi connectivity index (χ0v) is 20.6. The van der Waals surface area contributed by atoms with Gasteiger partial charge in [-0.15, -0.1) is 6.58 Å². The van der Waals surface area contributed by atoms with Gasteiger partial charge >= 0.3 is 4.34 Å². The van der Waals surface area contributed by atoms with Crippen molar-refractivity contribution in [2.75, 3.05) is 5.75 Å². The molecular weight excluding hydrogens is 485 g/mol. The molecule has 1 amide bonds. The van der Waals surface area contributed by atoms with Crippen LogP contribution in [0.25, 0.3) is 10.8 Å². The van der Waals surface area contributed by atoms with E-state index in [-0.39, 0.29) is 17.4 Å². The number of rotatable bonds is 10. The van der Waals surface area contributed by atoms with Gasteiger partial charge < -0.3 is 5.11 Å². The molecule has 0 atom stereocenters. The first-order valence-corrected chi connectivity index (χ1v) is 13.3. The predicted octanol–water partition coefficient (Wildman–Crippen LogP) is 4.45. The third-order valence-corrected chi connectivity index (χ3v) is 8.17. The minimum Gasteiger partial charge on any atom is -0.872 e. The van der Waals surface area contributed by atoms with E-state index in [1.54, 1.807) is 36.0 Å². The number of aromatic nitrogens is 2. The topological polar surface area (TPSA) is 91.6 Å². The van der Waals surface area contributed by atoms with E-state index in [0.717, 1.165) is 14.4 Å². The molecule has 0 aliphatic rings. The Hall–Kier alpha value is -3.14. The fourth-order valence-corrected chi connectivity index (χ4v) is 6.15. The van der Waals surface area contributed by atoms with Crippen LogP contribution >= 0.6 is 34.9 Å². The highest BCUT2D eigenvalue weighted by molar-refractivity contribution is 8.03. The molecular formula is C25H22N4O2S3. The Morgan fingerprint density at radius 1 is 1.12 bits per heavy atom. The number of para-hydroxylation sites is 1. The molecule has 34 heavy (non-hydrogen) atoms. The average Bonchev–Trinajstić information content (AvgIpc) is 3.31. The van der Waals surface area contributed by atoms with Crippen LogP contribution in [0.2, 0.25) is 0 Å². The molecule has 2 N–H and O–H groups in total. The summed E-state index contributed by atoms with van der Waals surface area (Å²) in [6.45, 7) is 3.65. The largest absolute Gasteiger partial charge is 0.872 e. The summed E-state index contributed by atoms with van der Waals surface area (Å²) in [5.74, 6) is 0.625. The molecule has 172 valence electrons. The van der Waals surface area contributed by atoms with E-state index in [4.69, 9.17) is 0 Å². The molecule has 0 bridgehead atoms. The third-order valence-electron chi connectivity index (χ3n) is 4.87. The van der Waals surface area contributed by atoms with Gasteiger partial charge in [0.2, 0.25) is 4.34 Å². The highest BCUT2D eigenvalue weighted by Gasteiger charge is 2.14. The number of nitrogens with one attached hydrogen (secondary N) is 2. The van der Waals surface area contributed by atoms with Crippen molar-refractivity contribution in [3.05, 3.63) is 90.0 Å². The van der Waals surface area contributed by atoms with E-state index in [1.165, 1.54) is 45.6 Å². The van der Waals surface area contributed by atoms with Crippen molar-refractivity contribution in [2.45, 2.75) is 20.9 Å². The second-order valence-corrected chi connectivity index (χ2v) is 10.7. The van der Waals surface area contributed by atoms with Gasteiger partial charge in [0.1, 0.15) is 0 Å². The van der Waals surface area contributed by atoms with Crippen molar-refractivity contribution in [1.82, 2.24) is 10.5 Å². The zero-order valence-electron chi connectivity index (χ0n) is 18.2. The summed E-state index contributed by atoms with van der Waals surface area (Å²) in [7, 11) is 0. The summed E-state index contributed by atoms with van der Waals surface area (Å²) in [4.78, 5) is 12.1. The summed E-state index contributed by atoms with van der Waals surface area (Å²) in [6, 6.07) is 19.9. The lowest BCUT2D eigenvalue weighted by Gasteiger charge is -2.15. The molecule has 4 aromatic rings. The van der Waals surface area contributed by atoms with Crippen molar-refractivity contribution in [3.8, 4) is 5.75 Å². The number of nitrogens with zero attached hydrogens (tertiary/aromatic N) is 2. The molecule has 9 heteroatoms. The Morgan fingerprint density at radius 3 is 2.79 bits per heavy atom. The summed E-state index contributed by atoms with van der Waals surface area (Å²) >= 11 is 4.54. The minimum atomic E-state index is -0.267. The number of hydrazone groups is 1. The molecule has 3 aromatic carbocycles. The first-order valence-electron chi connectivity index (χ1n) is 10.5. The number of amides is 1. The van der Waals surface area contributed by atoms with Gasteiger partial charge in [-0.2, -0.15) is 5.10 Å². The van der Waals surface area contributed by atoms with Gasteiger partial charge in [0.05, 0.1) is 12.0 Å². The van der Waals surface area contributed by atoms with E-state index in [1.807, 2.05) is 6.07 Å². The first-order chi connectivity index (χ1) is 16.6. The smallest absolute Gasteiger partial charge is 0.323 e. The Morgan fingerprint density at radius 2 is 1.91 bits per heavy atom. The lowest BCUT2D eigenvalue weighted by Crippen LogP contribution is -2.19. The number of fused-ring (bicyclic) bond motifs is 1. The quantitative estimate of drug-likeness (QED) is 0.149. The number of allylic oxidation sites excluding steroid dienone is 1. The number of carbonyl (C=O) groups excluding carboxylic acids is 1. The molecule has 1 heterocycles. The molecule has 0 spiro atoms. The second kappa shape index (κ2) is 11.8. The number of thioether (sulfide) groups is 2. The highest BCUT2D eigenvalue weighted by Crippen LogP contribution is 2.30. The fourth-order valence-electron chi connectivity index (χ4n) is 3.26. The molecule has 0 unspecified atom stereocenters. The maximum Gasteiger partial charge on any atom is 0.323 e. The van der Waals surface area contributed by atoms with Crippen LogP contribution < -0.4 is 15.6 Å². The molecule has 0 aliphatic carbocycles. The van der Waals surface area contributed by atoms with E-state index in [0.29, 0.717) is 17.5 Å². The van der Waals surface area contributed by atoms with Crippen LogP contribution in [0.3, 0.4) is 0 Å². The number of hydrogen-bond acceptors (Lipinski definition) is 7. The van der Waals surface area contributed by atoms with Gasteiger partial charge in [0, 0.05) is 10.9 Å². The van der Waals surface area contributed by atoms with Crippen LogP contribution in [-0.2, 0) is 17.0 Å². The average molecular weight is 507 g/mol. The zero-order chi connectivity index (χ0) is 23.8. The van der Waals surface area contributed by atoms with E-state index >= 15 is 0 Å². The van der Waals surface area contributed by atoms with Gasteiger partial charge in [0.15, 0.2) is 0 Å². The summed E-state index contributed by atoms with van der Waals surface area (Å²) in [6.07, 6.45) is 3.55. The van der Waals surface area contributed by atoms with Crippen molar-refractivity contribution >= 4 is 57.8 Å². The van der Waals surface area contributed by atoms with E-state index < -0.39 is 0 Å². The maximum absolute atomic E-state index is 12.3. The molecule has 4 rings (SSSR count). The second-order valence-electron chi connectivity index (χ2n) is 7.22. The standard InChI is InChI=1S/C25H22N4O2S3/c1-2-7-18-10-6-11-19(23(18)31)14-26-27-22(30)16-33-25-29-28-24(34-25)32-15-20-12-5-9-17-8-3-4-13-21(17)20/h2-6,8-14,31H,1,7,15-16H2,(H,27,30). The van der Waals surface area contributed by atoms with Crippen LogP contribution in [0.1, 0.15) is 16.7 Å². The molecule has 1 aromatic heterocycles. The van der Waals surface area contributed by atoms with Crippen LogP contribution in [0.15, 0.2) is 87.1 Å². The van der Waals surface area contributed by atoms with Gasteiger partial charge in [-0.3, -0.25) is 4.79 Å². The summed E-state index contributed by atoms with van der Waals surface area (Å²) in [5, 5.41) is 26.0. The molecule has 0 saturated heterocycles. The third kappa shape index (κ3) is 6.25. The number of H-pyrrole nitrogens is 1. The normalized spacial score (nSPS) is 11.2. The molecule has 0 fully saturated rings. The lowest BCUT2D eigenvalue weighted by molar-refractivity contribution is -0.492. The van der Waals surface area contributed by atoms with E-state index in [2.05, 4.69) is 63.7 Å². The molecule has 0 aliphatic heterocycles. The van der Waals surface area contributed by atoms with E-state index in [9.17, 15) is 9.90 Å². The number of aromatic amines is 1. The Labute approximate surface area is 210 Å². The van der Waals surface area contributed by atoms with Crippen molar-refractivity contribution in [1.29, 1.82) is 0 Å². The van der Waals surface area contributed by atoms with Crippen LogP contribution in [0, 0.1) is 0 Å². The molecule has 6 nitrogen and oxygen atoms in total. The number of carbonyl (C=O) groups is 1. The van der Waals surface area contributed by atoms with Gasteiger partial charge in [0.25, 0.3) is 5.91 Å². The first kappa shape index (κ1) is 24.0. The van der Waals surface area contributed by atoms with Crippen molar-refractivity contribution in [3.63, 3.8) is 0 Å². The lowest BCUT2D eigenvalue weighted by atomic mass is 10.1. The fraction of sp³-hybridized carbons (Fsp3) is 0.120. The Balaban J connectivity index is 1.26. The molecule has 0 saturated carbocycles. The highest BCUT2D eigenvalue weighted by atomic mass is 32.2. The van der Waals surface area contributed by atoms with Gasteiger partial charge in [-0.05, 0) is 51.4 Å². The Bertz CT molecular complexity index is 1330. The predicted molar refractivity (Wildman–Crippen MR) is 138 cm³/mol. The maximum atomic E-state index is 12.3. The number of hydrogen-bond donors (Lipinski definition) is 1. The minimum absolute atomic E-state index is 0.110. The summed E-state index contributed by atoms with van der Waals surface area (Å²) in [5.41, 5.74) is 4.81. The monoisotopic (exact) mass is 506 g/mol. The molecule has 0 radical (unpaired) electrons.